The maximum Gasteiger partial charge on any atom is 0.242 e. The zero-order valence-corrected chi connectivity index (χ0v) is 12.8. The molecule has 0 saturated heterocycles. The largest absolute Gasteiger partial charge is 0.504 e. The Morgan fingerprint density at radius 2 is 1.74 bits per heavy atom. The lowest BCUT2D eigenvalue weighted by Crippen LogP contribution is -2.20. The molecule has 1 unspecified atom stereocenters. The van der Waals surface area contributed by atoms with E-state index in [9.17, 15) is 5.11 Å². The Kier molecular flexibility index (Phi) is 3.41. The van der Waals surface area contributed by atoms with Crippen LogP contribution in [0.5, 0.6) is 28.7 Å². The summed E-state index contributed by atoms with van der Waals surface area (Å²) in [6.07, 6.45) is 0.353. The highest BCUT2D eigenvalue weighted by atomic mass is 16.7. The highest BCUT2D eigenvalue weighted by Crippen LogP contribution is 2.43. The molecule has 5 heteroatoms. The SMILES string of the molecule is CC(CC1Oc2ccccc2O1)c1cc(O)c2c(c1)OCCO2. The van der Waals surface area contributed by atoms with Crippen molar-refractivity contribution < 1.29 is 24.1 Å². The number of aromatic hydroxyl groups is 1. The zero-order chi connectivity index (χ0) is 15.8. The van der Waals surface area contributed by atoms with Crippen LogP contribution in [-0.4, -0.2) is 24.6 Å². The molecule has 0 aliphatic carbocycles. The number of benzene rings is 2. The van der Waals surface area contributed by atoms with Gasteiger partial charge in [-0.3, -0.25) is 0 Å². The molecule has 120 valence electrons. The summed E-state index contributed by atoms with van der Waals surface area (Å²) in [5, 5.41) is 10.1. The van der Waals surface area contributed by atoms with E-state index >= 15 is 0 Å². The predicted molar refractivity (Wildman–Crippen MR) is 83.6 cm³/mol. The van der Waals surface area contributed by atoms with Gasteiger partial charge in [-0.25, -0.2) is 0 Å². The molecule has 2 aliphatic rings. The number of phenols is 1. The standard InChI is InChI=1S/C18H18O5/c1-11(8-17-22-14-4-2-3-5-15(14)23-17)12-9-13(19)18-16(10-12)20-6-7-21-18/h2-5,9-11,17,19H,6-8H2,1H3. The molecule has 2 aromatic rings. The Bertz CT molecular complexity index is 702. The first-order valence-electron chi connectivity index (χ1n) is 7.75. The van der Waals surface area contributed by atoms with Gasteiger partial charge >= 0.3 is 0 Å². The number of hydrogen-bond donors (Lipinski definition) is 1. The minimum atomic E-state index is -0.322. The van der Waals surface area contributed by atoms with E-state index in [1.165, 1.54) is 0 Å². The summed E-state index contributed by atoms with van der Waals surface area (Å²) in [7, 11) is 0. The minimum Gasteiger partial charge on any atom is -0.504 e. The van der Waals surface area contributed by atoms with E-state index in [-0.39, 0.29) is 18.0 Å². The Morgan fingerprint density at radius 3 is 2.48 bits per heavy atom. The normalized spacial score (nSPS) is 17.1. The van der Waals surface area contributed by atoms with E-state index in [1.54, 1.807) is 6.07 Å². The summed E-state index contributed by atoms with van der Waals surface area (Å²) >= 11 is 0. The van der Waals surface area contributed by atoms with Crippen LogP contribution < -0.4 is 18.9 Å². The maximum absolute atomic E-state index is 10.1. The van der Waals surface area contributed by atoms with Crippen LogP contribution in [0.3, 0.4) is 0 Å². The van der Waals surface area contributed by atoms with Crippen LogP contribution in [0.2, 0.25) is 0 Å². The predicted octanol–water partition coefficient (Wildman–Crippen LogP) is 3.45. The fraction of sp³-hybridized carbons (Fsp3) is 0.333. The van der Waals surface area contributed by atoms with Crippen molar-refractivity contribution in [3.05, 3.63) is 42.0 Å². The zero-order valence-electron chi connectivity index (χ0n) is 12.8. The fourth-order valence-corrected chi connectivity index (χ4v) is 2.91. The van der Waals surface area contributed by atoms with Crippen LogP contribution in [0.1, 0.15) is 24.8 Å². The van der Waals surface area contributed by atoms with Crippen LogP contribution in [0.25, 0.3) is 0 Å². The number of phenolic OH excluding ortho intramolecular Hbond substituents is 1. The average Bonchev–Trinajstić information content (AvgIpc) is 2.97. The van der Waals surface area contributed by atoms with Gasteiger partial charge in [0.2, 0.25) is 12.0 Å². The van der Waals surface area contributed by atoms with Crippen LogP contribution in [-0.2, 0) is 0 Å². The van der Waals surface area contributed by atoms with Crippen LogP contribution >= 0.6 is 0 Å². The molecule has 1 atom stereocenters. The molecule has 4 rings (SSSR count). The summed E-state index contributed by atoms with van der Waals surface area (Å²) in [4.78, 5) is 0. The van der Waals surface area contributed by atoms with Gasteiger partial charge in [0, 0.05) is 6.42 Å². The van der Waals surface area contributed by atoms with Crippen molar-refractivity contribution in [1.82, 2.24) is 0 Å². The van der Waals surface area contributed by atoms with Crippen LogP contribution in [0, 0.1) is 0 Å². The second-order valence-corrected chi connectivity index (χ2v) is 5.81. The molecule has 2 heterocycles. The third kappa shape index (κ3) is 2.63. The number of para-hydroxylation sites is 2. The van der Waals surface area contributed by atoms with Crippen molar-refractivity contribution in [2.24, 2.45) is 0 Å². The van der Waals surface area contributed by atoms with Crippen molar-refractivity contribution in [2.45, 2.75) is 25.6 Å². The molecule has 0 saturated carbocycles. The van der Waals surface area contributed by atoms with Crippen molar-refractivity contribution in [3.8, 4) is 28.7 Å². The van der Waals surface area contributed by atoms with Gasteiger partial charge in [-0.2, -0.15) is 0 Å². The second-order valence-electron chi connectivity index (χ2n) is 5.81. The smallest absolute Gasteiger partial charge is 0.242 e. The van der Waals surface area contributed by atoms with Crippen molar-refractivity contribution in [1.29, 1.82) is 0 Å². The van der Waals surface area contributed by atoms with Gasteiger partial charge < -0.3 is 24.1 Å². The molecule has 0 spiro atoms. The highest BCUT2D eigenvalue weighted by Gasteiger charge is 2.27. The molecule has 2 aromatic carbocycles. The van der Waals surface area contributed by atoms with Gasteiger partial charge in [0.05, 0.1) is 0 Å². The Labute approximate surface area is 134 Å². The molecule has 0 aromatic heterocycles. The minimum absolute atomic E-state index is 0.112. The molecular weight excluding hydrogens is 296 g/mol. The van der Waals surface area contributed by atoms with Gasteiger partial charge in [-0.1, -0.05) is 19.1 Å². The number of rotatable bonds is 3. The van der Waals surface area contributed by atoms with Crippen LogP contribution in [0.4, 0.5) is 0 Å². The number of fused-ring (bicyclic) bond motifs is 2. The van der Waals surface area contributed by atoms with E-state index in [0.717, 1.165) is 17.1 Å². The van der Waals surface area contributed by atoms with Crippen molar-refractivity contribution >= 4 is 0 Å². The summed E-state index contributed by atoms with van der Waals surface area (Å²) in [5.41, 5.74) is 0.968. The van der Waals surface area contributed by atoms with E-state index in [0.29, 0.717) is 31.1 Å². The lowest BCUT2D eigenvalue weighted by atomic mass is 9.96. The molecule has 0 bridgehead atoms. The summed E-state index contributed by atoms with van der Waals surface area (Å²) < 4.78 is 22.6. The van der Waals surface area contributed by atoms with Gasteiger partial charge in [-0.05, 0) is 35.7 Å². The van der Waals surface area contributed by atoms with Gasteiger partial charge in [0.25, 0.3) is 0 Å². The lowest BCUT2D eigenvalue weighted by Gasteiger charge is -2.22. The first kappa shape index (κ1) is 14.1. The molecule has 1 N–H and O–H groups in total. The lowest BCUT2D eigenvalue weighted by molar-refractivity contribution is 0.0367. The van der Waals surface area contributed by atoms with Gasteiger partial charge in [0.1, 0.15) is 13.2 Å². The maximum atomic E-state index is 10.1. The van der Waals surface area contributed by atoms with E-state index in [2.05, 4.69) is 6.92 Å². The summed E-state index contributed by atoms with van der Waals surface area (Å²) in [6, 6.07) is 11.3. The van der Waals surface area contributed by atoms with Crippen molar-refractivity contribution in [2.75, 3.05) is 13.2 Å². The van der Waals surface area contributed by atoms with E-state index < -0.39 is 0 Å². The molecule has 23 heavy (non-hydrogen) atoms. The third-order valence-corrected chi connectivity index (χ3v) is 4.13. The number of hydrogen-bond acceptors (Lipinski definition) is 5. The van der Waals surface area contributed by atoms with E-state index in [1.807, 2.05) is 30.3 Å². The molecule has 0 radical (unpaired) electrons. The molecule has 2 aliphatic heterocycles. The van der Waals surface area contributed by atoms with Gasteiger partial charge in [0.15, 0.2) is 23.0 Å². The fourth-order valence-electron chi connectivity index (χ4n) is 2.91. The average molecular weight is 314 g/mol. The van der Waals surface area contributed by atoms with Crippen molar-refractivity contribution in [3.63, 3.8) is 0 Å². The summed E-state index contributed by atoms with van der Waals surface area (Å²) in [6.45, 7) is 3.02. The quantitative estimate of drug-likeness (QED) is 0.940. The molecule has 5 nitrogen and oxygen atoms in total. The summed E-state index contributed by atoms with van der Waals surface area (Å²) in [5.74, 6) is 2.81. The second kappa shape index (κ2) is 5.57. The first-order chi connectivity index (χ1) is 11.2. The molecule has 0 amide bonds. The highest BCUT2D eigenvalue weighted by molar-refractivity contribution is 5.54. The molecule has 0 fully saturated rings. The topological polar surface area (TPSA) is 57.2 Å². The molecular formula is C18H18O5. The van der Waals surface area contributed by atoms with Gasteiger partial charge in [-0.15, -0.1) is 0 Å². The Hall–Kier alpha value is -2.56. The Morgan fingerprint density at radius 1 is 1.04 bits per heavy atom. The first-order valence-corrected chi connectivity index (χ1v) is 7.75. The van der Waals surface area contributed by atoms with E-state index in [4.69, 9.17) is 18.9 Å². The monoisotopic (exact) mass is 314 g/mol. The third-order valence-electron chi connectivity index (χ3n) is 4.13. The van der Waals surface area contributed by atoms with Crippen LogP contribution in [0.15, 0.2) is 36.4 Å². The Balaban J connectivity index is 1.50. The number of ether oxygens (including phenoxy) is 4.